The van der Waals surface area contributed by atoms with E-state index in [0.717, 1.165) is 38.1 Å². The van der Waals surface area contributed by atoms with E-state index in [1.807, 2.05) is 0 Å². The minimum atomic E-state index is -4.67. The number of benzene rings is 5. The van der Waals surface area contributed by atoms with Crippen molar-refractivity contribution in [2.45, 2.75) is 65.0 Å². The van der Waals surface area contributed by atoms with Gasteiger partial charge >= 0.3 is 12.4 Å². The van der Waals surface area contributed by atoms with Gasteiger partial charge < -0.3 is 21.3 Å². The molecule has 0 aliphatic rings. The molecule has 4 amide bonds. The number of amides is 4. The fraction of sp³-hybridized carbons (Fsp3) is 0.217. The summed E-state index contributed by atoms with van der Waals surface area (Å²) < 4.78 is 78.5. The summed E-state index contributed by atoms with van der Waals surface area (Å²) in [5.41, 5.74) is -1.57. The number of nitrogens with zero attached hydrogens (tertiary/aromatic N) is 4. The molecule has 0 aliphatic heterocycles. The van der Waals surface area contributed by atoms with Crippen molar-refractivity contribution in [2.75, 3.05) is 21.3 Å². The summed E-state index contributed by atoms with van der Waals surface area (Å²) in [6, 6.07) is 12.3. The first-order valence-corrected chi connectivity index (χ1v) is 21.9. The average molecular weight is 1050 g/mol. The molecule has 2 atom stereocenters. The van der Waals surface area contributed by atoms with Gasteiger partial charge in [-0.25, -0.2) is 0 Å². The molecule has 5 rings (SSSR count). The first kappa shape index (κ1) is 54.2. The predicted octanol–water partition coefficient (Wildman–Crippen LogP) is 13.3. The van der Waals surface area contributed by atoms with Gasteiger partial charge in [0.1, 0.15) is 11.4 Å². The van der Waals surface area contributed by atoms with Crippen LogP contribution in [0.3, 0.4) is 0 Å². The summed E-state index contributed by atoms with van der Waals surface area (Å²) >= 11 is 24.9. The number of halogens is 10. The maximum Gasteiger partial charge on any atom is 0.416 e. The third-order valence-electron chi connectivity index (χ3n) is 9.97. The molecule has 0 aromatic heterocycles. The molecule has 0 radical (unpaired) electrons. The molecule has 0 saturated heterocycles. The molecule has 0 saturated carbocycles. The summed E-state index contributed by atoms with van der Waals surface area (Å²) in [6.07, 6.45) is -8.78. The van der Waals surface area contributed by atoms with Crippen molar-refractivity contribution in [1.29, 1.82) is 0 Å². The van der Waals surface area contributed by atoms with Crippen LogP contribution in [0.25, 0.3) is 0 Å². The summed E-state index contributed by atoms with van der Waals surface area (Å²) in [6.45, 7) is 5.66. The number of rotatable bonds is 16. The van der Waals surface area contributed by atoms with Gasteiger partial charge in [0, 0.05) is 11.4 Å². The Kier molecular flexibility index (Phi) is 17.6. The molecule has 0 aliphatic carbocycles. The molecule has 0 bridgehead atoms. The molecule has 0 heterocycles. The van der Waals surface area contributed by atoms with Crippen LogP contribution in [0, 0.1) is 0 Å². The van der Waals surface area contributed by atoms with Crippen LogP contribution in [-0.4, -0.2) is 47.3 Å². The number of anilines is 4. The number of hydrogen-bond acceptors (Lipinski definition) is 10. The smallest absolute Gasteiger partial charge is 0.323 e. The lowest BCUT2D eigenvalue weighted by Gasteiger charge is -2.18. The number of alkyl halides is 6. The number of azo groups is 2. The fourth-order valence-electron chi connectivity index (χ4n) is 6.30. The van der Waals surface area contributed by atoms with Crippen LogP contribution in [0.15, 0.2) is 105 Å². The van der Waals surface area contributed by atoms with Crippen LogP contribution in [0.1, 0.15) is 70.7 Å². The number of ketones is 2. The van der Waals surface area contributed by atoms with Gasteiger partial charge in [-0.3, -0.25) is 28.8 Å². The van der Waals surface area contributed by atoms with E-state index >= 15 is 0 Å². The number of nitrogens with one attached hydrogen (secondary N) is 4. The molecule has 5 aromatic rings. The van der Waals surface area contributed by atoms with E-state index in [9.17, 15) is 55.1 Å². The Hall–Kier alpha value is -6.74. The molecule has 0 fully saturated rings. The Labute approximate surface area is 414 Å². The quantitative estimate of drug-likeness (QED) is 0.0430. The maximum absolute atomic E-state index is 13.6. The molecule has 24 heteroatoms. The molecular weight excluding hydrogens is 1020 g/mol. The molecule has 5 aromatic carbocycles. The standard InChI is InChI=1S/C46H36Cl4F6N8O6/c1-5-23-17-36(60-44(70)40(22(4)66)64-62-34-12-8-10-28(38(34)50)42(68)58-32-16-14-26(20-30(32)48)46(54,55)56)24(6-2)18-35(23)59-43(69)39(21(3)65)63-61-33-11-7-9-27(37(33)49)41(67)57-31-15-13-25(19-29(31)47)45(51,52)53/h7-20,39-40H,5-6H2,1-4H3,(H,57,67)(H,58,68)(H,59,69)(H,60,70). The van der Waals surface area contributed by atoms with E-state index in [2.05, 4.69) is 41.7 Å². The number of carbonyl (C=O) groups excluding carboxylic acids is 6. The van der Waals surface area contributed by atoms with Gasteiger partial charge in [0.15, 0.2) is 11.6 Å². The first-order valence-electron chi connectivity index (χ1n) is 20.4. The molecule has 70 heavy (non-hydrogen) atoms. The van der Waals surface area contributed by atoms with Crippen LogP contribution in [-0.2, 0) is 44.4 Å². The second kappa shape index (κ2) is 22.8. The number of hydrogen-bond donors (Lipinski definition) is 4. The molecule has 2 unspecified atom stereocenters. The lowest BCUT2D eigenvalue weighted by atomic mass is 10.0. The van der Waals surface area contributed by atoms with Gasteiger partial charge in [-0.1, -0.05) is 72.4 Å². The van der Waals surface area contributed by atoms with E-state index in [-0.39, 0.29) is 68.1 Å². The van der Waals surface area contributed by atoms with Gasteiger partial charge in [-0.15, -0.1) is 0 Å². The molecule has 0 spiro atoms. The minimum absolute atomic E-state index is 0.137. The van der Waals surface area contributed by atoms with Gasteiger partial charge in [0.25, 0.3) is 23.6 Å². The molecule has 4 N–H and O–H groups in total. The van der Waals surface area contributed by atoms with Crippen LogP contribution < -0.4 is 21.3 Å². The first-order chi connectivity index (χ1) is 32.8. The van der Waals surface area contributed by atoms with Gasteiger partial charge in [0.05, 0.1) is 53.7 Å². The monoisotopic (exact) mass is 1050 g/mol. The number of Topliss-reactive ketones (excluding diaryl/α,β-unsaturated/α-hetero) is 2. The predicted molar refractivity (Wildman–Crippen MR) is 252 cm³/mol. The second-order valence-electron chi connectivity index (χ2n) is 14.9. The van der Waals surface area contributed by atoms with Gasteiger partial charge in [-0.2, -0.15) is 46.8 Å². The molecule has 366 valence electrons. The van der Waals surface area contributed by atoms with E-state index in [0.29, 0.717) is 23.3 Å². The summed E-state index contributed by atoms with van der Waals surface area (Å²) in [5, 5.41) is 24.5. The summed E-state index contributed by atoms with van der Waals surface area (Å²) in [7, 11) is 0. The second-order valence-corrected chi connectivity index (χ2v) is 16.5. The summed E-state index contributed by atoms with van der Waals surface area (Å²) in [5.74, 6) is -5.01. The van der Waals surface area contributed by atoms with Crippen molar-refractivity contribution in [2.24, 2.45) is 20.5 Å². The Bertz CT molecular complexity index is 2770. The highest BCUT2D eigenvalue weighted by atomic mass is 35.5. The highest BCUT2D eigenvalue weighted by molar-refractivity contribution is 6.38. The SMILES string of the molecule is CCc1cc(NC(=O)C(N=Nc2cccc(C(=O)Nc3ccc(C(F)(F)F)cc3Cl)c2Cl)C(C)=O)c(CC)cc1NC(=O)C(N=Nc1cccc(C(=O)Nc2ccc(C(F)(F)F)cc2Cl)c1Cl)C(C)=O. The van der Waals surface area contributed by atoms with Crippen LogP contribution in [0.4, 0.5) is 60.5 Å². The number of aryl methyl sites for hydroxylation is 2. The van der Waals surface area contributed by atoms with Crippen molar-refractivity contribution in [3.05, 3.63) is 138 Å². The Morgan fingerprint density at radius 2 is 0.871 bits per heavy atom. The Morgan fingerprint density at radius 1 is 0.514 bits per heavy atom. The van der Waals surface area contributed by atoms with E-state index in [1.165, 1.54) is 36.4 Å². The van der Waals surface area contributed by atoms with Crippen molar-refractivity contribution in [3.8, 4) is 0 Å². The minimum Gasteiger partial charge on any atom is -0.323 e. The topological polar surface area (TPSA) is 200 Å². The van der Waals surface area contributed by atoms with Crippen LogP contribution >= 0.6 is 46.4 Å². The van der Waals surface area contributed by atoms with E-state index in [1.54, 1.807) is 26.0 Å². The van der Waals surface area contributed by atoms with Gasteiger partial charge in [-0.05, 0) is 111 Å². The zero-order valence-corrected chi connectivity index (χ0v) is 39.7. The fourth-order valence-corrected chi connectivity index (χ4v) is 7.25. The third kappa shape index (κ3) is 13.3. The highest BCUT2D eigenvalue weighted by Crippen LogP contribution is 2.37. The highest BCUT2D eigenvalue weighted by Gasteiger charge is 2.33. The van der Waals surface area contributed by atoms with Crippen molar-refractivity contribution in [3.63, 3.8) is 0 Å². The Balaban J connectivity index is 1.30. The number of carbonyl (C=O) groups is 6. The third-order valence-corrected chi connectivity index (χ3v) is 11.4. The van der Waals surface area contributed by atoms with Crippen molar-refractivity contribution >= 4 is 116 Å². The van der Waals surface area contributed by atoms with Crippen molar-refractivity contribution < 1.29 is 55.1 Å². The average Bonchev–Trinajstić information content (AvgIpc) is 3.28. The van der Waals surface area contributed by atoms with Gasteiger partial charge in [0.2, 0.25) is 12.1 Å². The zero-order chi connectivity index (χ0) is 51.8. The van der Waals surface area contributed by atoms with E-state index in [4.69, 9.17) is 46.4 Å². The lowest BCUT2D eigenvalue weighted by Crippen LogP contribution is -2.33. The largest absolute Gasteiger partial charge is 0.416 e. The molecule has 14 nitrogen and oxygen atoms in total. The maximum atomic E-state index is 13.6. The van der Waals surface area contributed by atoms with E-state index < -0.39 is 80.8 Å². The van der Waals surface area contributed by atoms with Crippen molar-refractivity contribution in [1.82, 2.24) is 0 Å². The molecular formula is C46H36Cl4F6N8O6. The van der Waals surface area contributed by atoms with Crippen LogP contribution in [0.2, 0.25) is 20.1 Å². The lowest BCUT2D eigenvalue weighted by molar-refractivity contribution is -0.138. The van der Waals surface area contributed by atoms with Crippen LogP contribution in [0.5, 0.6) is 0 Å². The summed E-state index contributed by atoms with van der Waals surface area (Å²) in [4.78, 5) is 78.8. The Morgan fingerprint density at radius 3 is 1.17 bits per heavy atom. The zero-order valence-electron chi connectivity index (χ0n) is 36.7. The normalized spacial score (nSPS) is 12.7.